The van der Waals surface area contributed by atoms with E-state index in [2.05, 4.69) is 33.6 Å². The van der Waals surface area contributed by atoms with Crippen LogP contribution in [0.1, 0.15) is 72.8 Å². The molecule has 35 heavy (non-hydrogen) atoms. The summed E-state index contributed by atoms with van der Waals surface area (Å²) in [6.45, 7) is 7.05. The average Bonchev–Trinajstić information content (AvgIpc) is 3.51. The summed E-state index contributed by atoms with van der Waals surface area (Å²) >= 11 is 0. The number of nitrogens with two attached hydrogens (primary N) is 1. The molecule has 1 amide bonds. The second-order valence-electron chi connectivity index (χ2n) is 9.53. The zero-order valence-electron chi connectivity index (χ0n) is 20.0. The molecule has 2 bridgehead atoms. The Labute approximate surface area is 204 Å². The first-order chi connectivity index (χ1) is 16.9. The smallest absolute Gasteiger partial charge is 0.251 e. The Morgan fingerprint density at radius 3 is 2.51 bits per heavy atom. The number of nitrogen functional groups attached to an aromatic ring is 1. The van der Waals surface area contributed by atoms with Gasteiger partial charge in [-0.2, -0.15) is 5.10 Å². The molecule has 0 fully saturated rings. The maximum absolute atomic E-state index is 13.0. The van der Waals surface area contributed by atoms with Crippen LogP contribution in [0.5, 0.6) is 0 Å². The Hall–Kier alpha value is -3.97. The van der Waals surface area contributed by atoms with E-state index in [1.807, 2.05) is 62.1 Å². The largest absolute Gasteiger partial charge is 0.384 e. The van der Waals surface area contributed by atoms with E-state index < -0.39 is 0 Å². The third-order valence-electron chi connectivity index (χ3n) is 7.01. The van der Waals surface area contributed by atoms with Crippen molar-refractivity contribution in [2.75, 3.05) is 5.73 Å². The van der Waals surface area contributed by atoms with Gasteiger partial charge in [0.25, 0.3) is 5.91 Å². The Balaban J connectivity index is 1.22. The highest BCUT2D eigenvalue weighted by Crippen LogP contribution is 2.54. The van der Waals surface area contributed by atoms with E-state index in [0.29, 0.717) is 24.5 Å². The molecule has 7 nitrogen and oxygen atoms in total. The lowest BCUT2D eigenvalue weighted by Gasteiger charge is -2.18. The molecule has 0 radical (unpaired) electrons. The molecule has 0 saturated carbocycles. The fourth-order valence-corrected chi connectivity index (χ4v) is 5.30. The van der Waals surface area contributed by atoms with Gasteiger partial charge in [-0.05, 0) is 83.5 Å². The van der Waals surface area contributed by atoms with E-state index >= 15 is 0 Å². The normalized spacial score (nSPS) is 17.3. The van der Waals surface area contributed by atoms with Gasteiger partial charge >= 0.3 is 0 Å². The highest BCUT2D eigenvalue weighted by molar-refractivity contribution is 5.94. The molecule has 3 N–H and O–H groups in total. The zero-order chi connectivity index (χ0) is 24.3. The summed E-state index contributed by atoms with van der Waals surface area (Å²) < 4.78 is 8.30. The fourth-order valence-electron chi connectivity index (χ4n) is 5.30. The number of pyridine rings is 1. The number of fused-ring (bicyclic) bond motifs is 8. The van der Waals surface area contributed by atoms with Gasteiger partial charge in [0.05, 0.1) is 12.7 Å². The summed E-state index contributed by atoms with van der Waals surface area (Å²) in [5, 5.41) is 7.44. The van der Waals surface area contributed by atoms with Crippen LogP contribution in [0.25, 0.3) is 0 Å². The van der Waals surface area contributed by atoms with E-state index in [0.717, 1.165) is 33.5 Å². The third kappa shape index (κ3) is 3.68. The molecular weight excluding hydrogens is 438 g/mol. The van der Waals surface area contributed by atoms with E-state index in [-0.39, 0.29) is 18.1 Å². The molecule has 2 atom stereocenters. The van der Waals surface area contributed by atoms with Gasteiger partial charge in [-0.3, -0.25) is 9.48 Å². The highest BCUT2D eigenvalue weighted by Gasteiger charge is 2.43. The number of benzene rings is 2. The molecule has 2 aromatic carbocycles. The molecule has 7 heteroatoms. The van der Waals surface area contributed by atoms with Crippen molar-refractivity contribution in [1.29, 1.82) is 0 Å². The van der Waals surface area contributed by atoms with Crippen LogP contribution in [0.4, 0.5) is 5.82 Å². The van der Waals surface area contributed by atoms with Gasteiger partial charge in [0.2, 0.25) is 0 Å². The first kappa shape index (κ1) is 21.6. The predicted molar refractivity (Wildman–Crippen MR) is 133 cm³/mol. The van der Waals surface area contributed by atoms with Gasteiger partial charge in [0.1, 0.15) is 18.0 Å². The third-order valence-corrected chi connectivity index (χ3v) is 7.01. The van der Waals surface area contributed by atoms with Crippen molar-refractivity contribution in [3.05, 3.63) is 111 Å². The number of aryl methyl sites for hydroxylation is 3. The van der Waals surface area contributed by atoms with Gasteiger partial charge < -0.3 is 15.8 Å². The molecule has 2 aliphatic rings. The van der Waals surface area contributed by atoms with Crippen molar-refractivity contribution in [2.24, 2.45) is 0 Å². The van der Waals surface area contributed by atoms with Gasteiger partial charge in [0.15, 0.2) is 0 Å². The maximum Gasteiger partial charge on any atom is 0.251 e. The fraction of sp³-hybridized carbons (Fsp3) is 0.250. The Kier molecular flexibility index (Phi) is 4.96. The minimum atomic E-state index is -0.150. The van der Waals surface area contributed by atoms with Crippen LogP contribution in [0.3, 0.4) is 0 Å². The number of rotatable bonds is 5. The number of nitrogens with zero attached hydrogens (tertiary/aromatic N) is 3. The number of hydrogen-bond acceptors (Lipinski definition) is 5. The lowest BCUT2D eigenvalue weighted by Crippen LogP contribution is -2.24. The zero-order valence-corrected chi connectivity index (χ0v) is 20.0. The van der Waals surface area contributed by atoms with E-state index in [4.69, 9.17) is 10.5 Å². The Bertz CT molecular complexity index is 1470. The SMILES string of the molecule is Cc1cnn(Cc2ccc3c(c2)[C@H]2O[C@@H]3c3ccc(C(=O)NCc4c(C)cc(N)nc4C)cc32)c1. The lowest BCUT2D eigenvalue weighted by molar-refractivity contribution is 0.0857. The van der Waals surface area contributed by atoms with Crippen molar-refractivity contribution in [3.8, 4) is 0 Å². The molecule has 0 aliphatic carbocycles. The quantitative estimate of drug-likeness (QED) is 0.459. The number of nitrogens with one attached hydrogen (secondary N) is 1. The molecule has 2 aromatic heterocycles. The summed E-state index contributed by atoms with van der Waals surface area (Å²) in [7, 11) is 0. The van der Waals surface area contributed by atoms with Crippen LogP contribution in [0, 0.1) is 20.8 Å². The van der Waals surface area contributed by atoms with Crippen molar-refractivity contribution >= 4 is 11.7 Å². The molecule has 4 aromatic rings. The van der Waals surface area contributed by atoms with Crippen LogP contribution in [-0.2, 0) is 17.8 Å². The number of aromatic nitrogens is 3. The summed E-state index contributed by atoms with van der Waals surface area (Å²) in [5.41, 5.74) is 16.2. The number of ether oxygens (including phenoxy) is 1. The van der Waals surface area contributed by atoms with Gasteiger partial charge in [-0.15, -0.1) is 0 Å². The predicted octanol–water partition coefficient (Wildman–Crippen LogP) is 4.29. The van der Waals surface area contributed by atoms with Crippen LogP contribution < -0.4 is 11.1 Å². The summed E-state index contributed by atoms with van der Waals surface area (Å²) in [5.74, 6) is 0.376. The summed E-state index contributed by atoms with van der Waals surface area (Å²) in [6.07, 6.45) is 3.68. The standard InChI is InChI=1S/C28H27N5O2/c1-15-11-31-33(13-15)14-18-4-6-20-22(9-18)27-23-10-19(5-7-21(23)26(20)35-27)28(34)30-12-24-16(2)8-25(29)32-17(24)3/h4-11,13,26-27H,12,14H2,1-3H3,(H2,29,32)(H,30,34)/t26-,27+/m0/s1. The number of carbonyl (C=O) groups excluding carboxylic acids is 1. The monoisotopic (exact) mass is 465 g/mol. The minimum absolute atomic E-state index is 0.0748. The van der Waals surface area contributed by atoms with Crippen molar-refractivity contribution in [2.45, 2.75) is 46.1 Å². The second-order valence-corrected chi connectivity index (χ2v) is 9.53. The first-order valence-corrected chi connectivity index (χ1v) is 11.8. The molecule has 2 aliphatic heterocycles. The number of anilines is 1. The molecule has 4 heterocycles. The Morgan fingerprint density at radius 1 is 1.03 bits per heavy atom. The number of carbonyl (C=O) groups is 1. The lowest BCUT2D eigenvalue weighted by atomic mass is 9.84. The summed E-state index contributed by atoms with van der Waals surface area (Å²) in [4.78, 5) is 17.3. The van der Waals surface area contributed by atoms with E-state index in [1.165, 1.54) is 16.7 Å². The van der Waals surface area contributed by atoms with Crippen molar-refractivity contribution < 1.29 is 9.53 Å². The molecule has 0 spiro atoms. The molecule has 0 saturated heterocycles. The van der Waals surface area contributed by atoms with E-state index in [1.54, 1.807) is 0 Å². The molecule has 0 unspecified atom stereocenters. The molecule has 6 rings (SSSR count). The van der Waals surface area contributed by atoms with Crippen LogP contribution in [0.15, 0.2) is 54.9 Å². The summed E-state index contributed by atoms with van der Waals surface area (Å²) in [6, 6.07) is 14.2. The number of hydrogen-bond donors (Lipinski definition) is 2. The Morgan fingerprint density at radius 2 is 1.77 bits per heavy atom. The van der Waals surface area contributed by atoms with Gasteiger partial charge in [0, 0.05) is 24.0 Å². The van der Waals surface area contributed by atoms with Gasteiger partial charge in [-0.25, -0.2) is 4.98 Å². The average molecular weight is 466 g/mol. The molecule has 176 valence electrons. The van der Waals surface area contributed by atoms with Crippen LogP contribution in [0.2, 0.25) is 0 Å². The maximum atomic E-state index is 13.0. The van der Waals surface area contributed by atoms with Crippen molar-refractivity contribution in [1.82, 2.24) is 20.1 Å². The minimum Gasteiger partial charge on any atom is -0.384 e. The van der Waals surface area contributed by atoms with Gasteiger partial charge in [-0.1, -0.05) is 24.3 Å². The highest BCUT2D eigenvalue weighted by atomic mass is 16.5. The second kappa shape index (κ2) is 8.06. The number of amides is 1. The van der Waals surface area contributed by atoms with Crippen LogP contribution in [-0.4, -0.2) is 20.7 Å². The van der Waals surface area contributed by atoms with E-state index in [9.17, 15) is 4.79 Å². The topological polar surface area (TPSA) is 95.1 Å². The van der Waals surface area contributed by atoms with Crippen LogP contribution >= 0.6 is 0 Å². The van der Waals surface area contributed by atoms with Crippen molar-refractivity contribution in [3.63, 3.8) is 0 Å². The first-order valence-electron chi connectivity index (χ1n) is 11.8. The molecular formula is C28H27N5O2.